The van der Waals surface area contributed by atoms with Gasteiger partial charge in [-0.05, 0) is 48.2 Å². The number of carbonyl (C=O) groups excluding carboxylic acids is 1. The molecule has 2 fully saturated rings. The lowest BCUT2D eigenvalue weighted by Gasteiger charge is -2.42. The van der Waals surface area contributed by atoms with Crippen LogP contribution >= 0.6 is 0 Å². The van der Waals surface area contributed by atoms with Crippen molar-refractivity contribution in [1.82, 2.24) is 10.2 Å². The fraction of sp³-hybridized carbons (Fsp3) is 0.481. The van der Waals surface area contributed by atoms with Crippen LogP contribution < -0.4 is 19.5 Å². The highest BCUT2D eigenvalue weighted by molar-refractivity contribution is 5.78. The van der Waals surface area contributed by atoms with Gasteiger partial charge < -0.3 is 24.6 Å². The second kappa shape index (κ2) is 10.2. The Balaban J connectivity index is 1.45. The van der Waals surface area contributed by atoms with Crippen molar-refractivity contribution in [2.24, 2.45) is 5.92 Å². The SMILES string of the molecule is COc1ccc([C@H]2CN(CC(=O)NC3CCCC3)CC(c3ccc4c(c3)OCO4)[C@@H]2C(=O)O)cc1. The molecule has 35 heavy (non-hydrogen) atoms. The van der Waals surface area contributed by atoms with Crippen molar-refractivity contribution in [3.63, 3.8) is 0 Å². The van der Waals surface area contributed by atoms with E-state index >= 15 is 0 Å². The van der Waals surface area contributed by atoms with Crippen molar-refractivity contribution in [3.05, 3.63) is 53.6 Å². The van der Waals surface area contributed by atoms with Crippen LogP contribution in [-0.4, -0.2) is 61.5 Å². The van der Waals surface area contributed by atoms with Crippen LogP contribution in [0.1, 0.15) is 48.6 Å². The van der Waals surface area contributed by atoms with E-state index in [0.717, 1.165) is 42.6 Å². The van der Waals surface area contributed by atoms with Crippen LogP contribution in [0.15, 0.2) is 42.5 Å². The van der Waals surface area contributed by atoms with Gasteiger partial charge in [0.25, 0.3) is 0 Å². The summed E-state index contributed by atoms with van der Waals surface area (Å²) in [5, 5.41) is 13.5. The molecule has 8 nitrogen and oxygen atoms in total. The van der Waals surface area contributed by atoms with E-state index in [1.54, 1.807) is 7.11 Å². The fourth-order valence-corrected chi connectivity index (χ4v) is 5.78. The summed E-state index contributed by atoms with van der Waals surface area (Å²) in [7, 11) is 1.61. The minimum atomic E-state index is -0.844. The van der Waals surface area contributed by atoms with Crippen molar-refractivity contribution in [1.29, 1.82) is 0 Å². The highest BCUT2D eigenvalue weighted by Gasteiger charge is 2.43. The highest BCUT2D eigenvalue weighted by Crippen LogP contribution is 2.44. The summed E-state index contributed by atoms with van der Waals surface area (Å²) in [4.78, 5) is 27.6. The molecule has 2 heterocycles. The number of benzene rings is 2. The number of aliphatic carboxylic acids is 1. The van der Waals surface area contributed by atoms with Crippen molar-refractivity contribution < 1.29 is 28.9 Å². The van der Waals surface area contributed by atoms with E-state index < -0.39 is 11.9 Å². The Morgan fingerprint density at radius 3 is 2.34 bits per heavy atom. The quantitative estimate of drug-likeness (QED) is 0.627. The smallest absolute Gasteiger partial charge is 0.307 e. The second-order valence-electron chi connectivity index (χ2n) is 9.71. The summed E-state index contributed by atoms with van der Waals surface area (Å²) in [5.74, 6) is -0.0924. The Morgan fingerprint density at radius 1 is 1.00 bits per heavy atom. The van der Waals surface area contributed by atoms with Crippen molar-refractivity contribution >= 4 is 11.9 Å². The maximum atomic E-state index is 12.9. The first-order valence-electron chi connectivity index (χ1n) is 12.3. The van der Waals surface area contributed by atoms with Gasteiger partial charge in [-0.2, -0.15) is 0 Å². The third-order valence-corrected chi connectivity index (χ3v) is 7.52. The standard InChI is InChI=1S/C27H32N2O6/c1-33-20-9-6-17(7-10-20)21-13-29(15-25(30)28-19-4-2-3-5-19)14-22(26(21)27(31)32)18-8-11-23-24(12-18)35-16-34-23/h6-12,19,21-22,26H,2-5,13-16H2,1H3,(H,28,30)(H,31,32)/t21-,22?,26-/m1/s1. The first-order valence-corrected chi connectivity index (χ1v) is 12.3. The van der Waals surface area contributed by atoms with Crippen molar-refractivity contribution in [2.45, 2.75) is 43.6 Å². The lowest BCUT2D eigenvalue weighted by atomic mass is 9.71. The molecule has 8 heteroatoms. The number of nitrogens with one attached hydrogen (secondary N) is 1. The van der Waals surface area contributed by atoms with Gasteiger partial charge in [-0.25, -0.2) is 0 Å². The third kappa shape index (κ3) is 5.07. The van der Waals surface area contributed by atoms with E-state index in [2.05, 4.69) is 10.2 Å². The molecule has 1 unspecified atom stereocenters. The Bertz CT molecular complexity index is 1070. The van der Waals surface area contributed by atoms with Crippen molar-refractivity contribution in [2.75, 3.05) is 33.5 Å². The Labute approximate surface area is 205 Å². The van der Waals surface area contributed by atoms with E-state index in [-0.39, 0.29) is 37.1 Å². The molecular weight excluding hydrogens is 448 g/mol. The molecule has 1 saturated heterocycles. The zero-order valence-electron chi connectivity index (χ0n) is 19.9. The Morgan fingerprint density at radius 2 is 1.66 bits per heavy atom. The lowest BCUT2D eigenvalue weighted by Crippen LogP contribution is -2.50. The summed E-state index contributed by atoms with van der Waals surface area (Å²) < 4.78 is 16.3. The number of carbonyl (C=O) groups is 2. The number of nitrogens with zero attached hydrogens (tertiary/aromatic N) is 1. The van der Waals surface area contributed by atoms with E-state index in [9.17, 15) is 14.7 Å². The molecule has 186 valence electrons. The largest absolute Gasteiger partial charge is 0.497 e. The summed E-state index contributed by atoms with van der Waals surface area (Å²) in [6.45, 7) is 1.37. The number of ether oxygens (including phenoxy) is 3. The minimum absolute atomic E-state index is 0.00333. The van der Waals surface area contributed by atoms with Gasteiger partial charge in [-0.1, -0.05) is 31.0 Å². The predicted molar refractivity (Wildman–Crippen MR) is 129 cm³/mol. The Kier molecular flexibility index (Phi) is 6.81. The van der Waals surface area contributed by atoms with Crippen LogP contribution in [-0.2, 0) is 9.59 Å². The number of hydrogen-bond donors (Lipinski definition) is 2. The number of hydrogen-bond acceptors (Lipinski definition) is 6. The van der Waals surface area contributed by atoms with E-state index in [1.807, 2.05) is 42.5 Å². The number of methoxy groups -OCH3 is 1. The molecule has 3 aliphatic rings. The van der Waals surface area contributed by atoms with Crippen LogP contribution in [0.25, 0.3) is 0 Å². The number of likely N-dealkylation sites (tertiary alicyclic amines) is 1. The summed E-state index contributed by atoms with van der Waals surface area (Å²) >= 11 is 0. The topological polar surface area (TPSA) is 97.3 Å². The average molecular weight is 481 g/mol. The van der Waals surface area contributed by atoms with Gasteiger partial charge in [0.15, 0.2) is 11.5 Å². The van der Waals surface area contributed by atoms with Crippen LogP contribution in [0, 0.1) is 5.92 Å². The molecule has 2 aromatic rings. The maximum Gasteiger partial charge on any atom is 0.307 e. The number of carboxylic acids is 1. The van der Waals surface area contributed by atoms with Crippen LogP contribution in [0.3, 0.4) is 0 Å². The summed E-state index contributed by atoms with van der Waals surface area (Å²) in [6.07, 6.45) is 4.36. The third-order valence-electron chi connectivity index (χ3n) is 7.52. The normalized spacial score (nSPS) is 24.3. The first-order chi connectivity index (χ1) is 17.0. The lowest BCUT2D eigenvalue weighted by molar-refractivity contribution is -0.145. The molecule has 2 aliphatic heterocycles. The summed E-state index contributed by atoms with van der Waals surface area (Å²) in [6, 6.07) is 13.5. The molecular formula is C27H32N2O6. The molecule has 0 aromatic heterocycles. The van der Waals surface area contributed by atoms with Gasteiger partial charge in [0.1, 0.15) is 5.75 Å². The molecule has 0 spiro atoms. The summed E-state index contributed by atoms with van der Waals surface area (Å²) in [5.41, 5.74) is 1.80. The fourth-order valence-electron chi connectivity index (χ4n) is 5.78. The zero-order chi connectivity index (χ0) is 24.4. The molecule has 1 saturated carbocycles. The minimum Gasteiger partial charge on any atom is -0.497 e. The average Bonchev–Trinajstić information content (AvgIpc) is 3.55. The number of rotatable bonds is 7. The van der Waals surface area contributed by atoms with E-state index in [0.29, 0.717) is 24.6 Å². The molecule has 3 atom stereocenters. The van der Waals surface area contributed by atoms with E-state index in [1.165, 1.54) is 0 Å². The number of fused-ring (bicyclic) bond motifs is 1. The van der Waals surface area contributed by atoms with Gasteiger partial charge in [-0.3, -0.25) is 14.5 Å². The molecule has 0 radical (unpaired) electrons. The monoisotopic (exact) mass is 480 g/mol. The van der Waals surface area contributed by atoms with Gasteiger partial charge in [0.05, 0.1) is 19.6 Å². The van der Waals surface area contributed by atoms with Crippen LogP contribution in [0.5, 0.6) is 17.2 Å². The van der Waals surface area contributed by atoms with Crippen LogP contribution in [0.4, 0.5) is 0 Å². The highest BCUT2D eigenvalue weighted by atomic mass is 16.7. The number of amides is 1. The maximum absolute atomic E-state index is 12.9. The van der Waals surface area contributed by atoms with Crippen LogP contribution in [0.2, 0.25) is 0 Å². The second-order valence-corrected chi connectivity index (χ2v) is 9.71. The van der Waals surface area contributed by atoms with Gasteiger partial charge >= 0.3 is 5.97 Å². The molecule has 2 N–H and O–H groups in total. The van der Waals surface area contributed by atoms with Gasteiger partial charge in [0.2, 0.25) is 12.7 Å². The van der Waals surface area contributed by atoms with Gasteiger partial charge in [0, 0.05) is 31.0 Å². The van der Waals surface area contributed by atoms with Crippen molar-refractivity contribution in [3.8, 4) is 17.2 Å². The molecule has 5 rings (SSSR count). The van der Waals surface area contributed by atoms with Gasteiger partial charge in [-0.15, -0.1) is 0 Å². The molecule has 0 bridgehead atoms. The molecule has 2 aromatic carbocycles. The first kappa shape index (κ1) is 23.5. The number of carboxylic acid groups (broad SMARTS) is 1. The molecule has 1 aliphatic carbocycles. The zero-order valence-corrected chi connectivity index (χ0v) is 19.9. The van der Waals surface area contributed by atoms with E-state index in [4.69, 9.17) is 14.2 Å². The number of piperidine rings is 1. The predicted octanol–water partition coefficient (Wildman–Crippen LogP) is 3.37. The molecule has 1 amide bonds. The Hall–Kier alpha value is -3.26.